The summed E-state index contributed by atoms with van der Waals surface area (Å²) in [5, 5.41) is 2.15. The van der Waals surface area contributed by atoms with Gasteiger partial charge in [0.25, 0.3) is 0 Å². The Morgan fingerprint density at radius 3 is 2.64 bits per heavy atom. The lowest BCUT2D eigenvalue weighted by molar-refractivity contribution is 0.414. The Bertz CT molecular complexity index is 1060. The van der Waals surface area contributed by atoms with E-state index in [4.69, 9.17) is 9.72 Å². The van der Waals surface area contributed by atoms with Gasteiger partial charge in [-0.05, 0) is 54.5 Å². The number of hydrogen-bond acceptors (Lipinski definition) is 3. The van der Waals surface area contributed by atoms with Gasteiger partial charge in [-0.2, -0.15) is 0 Å². The maximum atomic E-state index is 5.25. The molecule has 4 aromatic rings. The summed E-state index contributed by atoms with van der Waals surface area (Å²) in [7, 11) is 3.84. The van der Waals surface area contributed by atoms with Crippen LogP contribution in [0.3, 0.4) is 0 Å². The van der Waals surface area contributed by atoms with E-state index in [0.717, 1.165) is 43.8 Å². The minimum Gasteiger partial charge on any atom is -0.497 e. The molecular formula is C23H27N3OS. The maximum absolute atomic E-state index is 5.25. The number of fused-ring (bicyclic) bond motifs is 1. The maximum Gasteiger partial charge on any atom is 0.156 e. The van der Waals surface area contributed by atoms with Gasteiger partial charge in [-0.1, -0.05) is 25.5 Å². The molecule has 0 radical (unpaired) electrons. The fraction of sp³-hybridized carbons (Fsp3) is 0.348. The molecule has 0 bridgehead atoms. The Hall–Kier alpha value is -2.53. The summed E-state index contributed by atoms with van der Waals surface area (Å²) < 4.78 is 11.2. The highest BCUT2D eigenvalue weighted by Gasteiger charge is 2.15. The summed E-state index contributed by atoms with van der Waals surface area (Å²) in [4.78, 5) is 4.98. The first-order valence-corrected chi connectivity index (χ1v) is 10.8. The van der Waals surface area contributed by atoms with Crippen molar-refractivity contribution in [1.82, 2.24) is 14.1 Å². The molecule has 146 valence electrons. The van der Waals surface area contributed by atoms with Crippen LogP contribution >= 0.6 is 11.3 Å². The normalized spacial score (nSPS) is 11.4. The molecule has 0 N–H and O–H groups in total. The smallest absolute Gasteiger partial charge is 0.156 e. The van der Waals surface area contributed by atoms with Gasteiger partial charge in [-0.3, -0.25) is 0 Å². The van der Waals surface area contributed by atoms with Crippen LogP contribution in [0.2, 0.25) is 0 Å². The summed E-state index contributed by atoms with van der Waals surface area (Å²) in [6, 6.07) is 12.8. The summed E-state index contributed by atoms with van der Waals surface area (Å²) in [5.41, 5.74) is 5.01. The summed E-state index contributed by atoms with van der Waals surface area (Å²) in [5.74, 6) is 2.00. The third kappa shape index (κ3) is 3.72. The van der Waals surface area contributed by atoms with Crippen molar-refractivity contribution in [1.29, 1.82) is 0 Å². The van der Waals surface area contributed by atoms with Crippen molar-refractivity contribution in [2.24, 2.45) is 7.05 Å². The predicted octanol–water partition coefficient (Wildman–Crippen LogP) is 5.70. The van der Waals surface area contributed by atoms with Crippen LogP contribution in [0.15, 0.2) is 48.0 Å². The van der Waals surface area contributed by atoms with E-state index in [1.54, 1.807) is 18.4 Å². The fourth-order valence-electron chi connectivity index (χ4n) is 3.73. The first-order valence-electron chi connectivity index (χ1n) is 9.92. The number of aromatic nitrogens is 3. The molecule has 0 saturated heterocycles. The first-order chi connectivity index (χ1) is 13.7. The van der Waals surface area contributed by atoms with E-state index in [0.29, 0.717) is 0 Å². The zero-order chi connectivity index (χ0) is 19.5. The highest BCUT2D eigenvalue weighted by atomic mass is 32.1. The molecule has 0 atom stereocenters. The molecule has 0 unspecified atom stereocenters. The number of hydrogen-bond donors (Lipinski definition) is 0. The highest BCUT2D eigenvalue weighted by Crippen LogP contribution is 2.30. The number of imidazole rings is 1. The summed E-state index contributed by atoms with van der Waals surface area (Å²) in [6.07, 6.45) is 6.52. The van der Waals surface area contributed by atoms with Gasteiger partial charge in [0.05, 0.1) is 28.7 Å². The molecular weight excluding hydrogens is 366 g/mol. The molecule has 0 fully saturated rings. The quantitative estimate of drug-likeness (QED) is 0.385. The van der Waals surface area contributed by atoms with Crippen LogP contribution in [-0.2, 0) is 26.4 Å². The molecule has 0 aliphatic rings. The van der Waals surface area contributed by atoms with Crippen LogP contribution in [0.4, 0.5) is 0 Å². The number of methoxy groups -OCH3 is 1. The van der Waals surface area contributed by atoms with Crippen LogP contribution in [0, 0.1) is 0 Å². The van der Waals surface area contributed by atoms with Gasteiger partial charge in [0, 0.05) is 19.8 Å². The lowest BCUT2D eigenvalue weighted by atomic mass is 10.1. The van der Waals surface area contributed by atoms with Crippen molar-refractivity contribution >= 4 is 21.6 Å². The second-order valence-corrected chi connectivity index (χ2v) is 8.16. The molecule has 3 heterocycles. The van der Waals surface area contributed by atoms with Crippen molar-refractivity contribution in [3.63, 3.8) is 0 Å². The van der Waals surface area contributed by atoms with E-state index in [-0.39, 0.29) is 0 Å². The molecule has 0 aliphatic heterocycles. The van der Waals surface area contributed by atoms with Crippen LogP contribution in [0.25, 0.3) is 21.7 Å². The molecule has 0 amide bonds. The standard InChI is InChI=1S/C23H27N3OS/c1-4-6-18-16-26(13-5-7-17-8-10-19(27-3)11-9-17)23(24-18)21-15-22-20(25(21)2)12-14-28-22/h8-12,14-16H,4-7,13H2,1-3H3. The third-order valence-electron chi connectivity index (χ3n) is 5.25. The van der Waals surface area contributed by atoms with E-state index < -0.39 is 0 Å². The van der Waals surface area contributed by atoms with Crippen molar-refractivity contribution in [2.45, 2.75) is 39.2 Å². The number of benzene rings is 1. The zero-order valence-electron chi connectivity index (χ0n) is 16.8. The van der Waals surface area contributed by atoms with Crippen molar-refractivity contribution < 1.29 is 4.74 Å². The SMILES string of the molecule is CCCc1cn(CCCc2ccc(OC)cc2)c(-c2cc3sccc3n2C)n1. The molecule has 0 saturated carbocycles. The first kappa shape index (κ1) is 18.8. The molecule has 3 aromatic heterocycles. The van der Waals surface area contributed by atoms with Gasteiger partial charge >= 0.3 is 0 Å². The van der Waals surface area contributed by atoms with Gasteiger partial charge in [-0.15, -0.1) is 11.3 Å². The van der Waals surface area contributed by atoms with E-state index in [2.05, 4.69) is 58.9 Å². The van der Waals surface area contributed by atoms with Crippen LogP contribution < -0.4 is 4.74 Å². The molecule has 0 aliphatic carbocycles. The second kappa shape index (κ2) is 8.23. The Morgan fingerprint density at radius 1 is 1.11 bits per heavy atom. The van der Waals surface area contributed by atoms with E-state index >= 15 is 0 Å². The number of nitrogens with zero attached hydrogens (tertiary/aromatic N) is 3. The predicted molar refractivity (Wildman–Crippen MR) is 117 cm³/mol. The largest absolute Gasteiger partial charge is 0.497 e. The van der Waals surface area contributed by atoms with Gasteiger partial charge in [-0.25, -0.2) is 4.98 Å². The van der Waals surface area contributed by atoms with Gasteiger partial charge in [0.1, 0.15) is 5.75 Å². The number of thiophene rings is 1. The van der Waals surface area contributed by atoms with E-state index in [9.17, 15) is 0 Å². The number of ether oxygens (including phenoxy) is 1. The molecule has 28 heavy (non-hydrogen) atoms. The van der Waals surface area contributed by atoms with Crippen LogP contribution in [0.5, 0.6) is 5.75 Å². The minimum atomic E-state index is 0.911. The molecule has 4 rings (SSSR count). The molecule has 1 aromatic carbocycles. The molecule has 5 heteroatoms. The molecule has 4 nitrogen and oxygen atoms in total. The average Bonchev–Trinajstić information content (AvgIpc) is 3.39. The van der Waals surface area contributed by atoms with Crippen molar-refractivity contribution in [3.8, 4) is 17.3 Å². The van der Waals surface area contributed by atoms with Gasteiger partial charge in [0.2, 0.25) is 0 Å². The monoisotopic (exact) mass is 393 g/mol. The lowest BCUT2D eigenvalue weighted by Crippen LogP contribution is -2.03. The topological polar surface area (TPSA) is 32.0 Å². The summed E-state index contributed by atoms with van der Waals surface area (Å²) >= 11 is 1.79. The fourth-order valence-corrected chi connectivity index (χ4v) is 4.58. The number of rotatable bonds is 8. The minimum absolute atomic E-state index is 0.911. The Labute approximate surface area is 170 Å². The second-order valence-electron chi connectivity index (χ2n) is 7.21. The van der Waals surface area contributed by atoms with Gasteiger partial charge < -0.3 is 13.9 Å². The molecule has 0 spiro atoms. The van der Waals surface area contributed by atoms with E-state index in [1.165, 1.54) is 27.2 Å². The Kier molecular flexibility index (Phi) is 5.53. The van der Waals surface area contributed by atoms with Crippen LogP contribution in [0.1, 0.15) is 31.0 Å². The summed E-state index contributed by atoms with van der Waals surface area (Å²) in [6.45, 7) is 3.18. The van der Waals surface area contributed by atoms with Crippen LogP contribution in [-0.4, -0.2) is 21.2 Å². The third-order valence-corrected chi connectivity index (χ3v) is 6.10. The highest BCUT2D eigenvalue weighted by molar-refractivity contribution is 7.17. The Balaban J connectivity index is 1.55. The lowest BCUT2D eigenvalue weighted by Gasteiger charge is -2.09. The van der Waals surface area contributed by atoms with Gasteiger partial charge in [0.15, 0.2) is 5.82 Å². The van der Waals surface area contributed by atoms with Crippen molar-refractivity contribution in [3.05, 3.63) is 59.2 Å². The zero-order valence-corrected chi connectivity index (χ0v) is 17.6. The number of aryl methyl sites for hydroxylation is 4. The average molecular weight is 394 g/mol. The Morgan fingerprint density at radius 2 is 1.93 bits per heavy atom. The van der Waals surface area contributed by atoms with E-state index in [1.807, 2.05) is 12.1 Å². The van der Waals surface area contributed by atoms with Crippen molar-refractivity contribution in [2.75, 3.05) is 7.11 Å².